The summed E-state index contributed by atoms with van der Waals surface area (Å²) >= 11 is 0. The molecule has 0 unspecified atom stereocenters. The monoisotopic (exact) mass is 168 g/mol. The van der Waals surface area contributed by atoms with Crippen molar-refractivity contribution in [1.29, 1.82) is 0 Å². The molecule has 1 rings (SSSR count). The van der Waals surface area contributed by atoms with Gasteiger partial charge in [-0.15, -0.1) is 0 Å². The standard InChI is InChI=1S/C8H12N2O2/c1-4-5(2)10(3)7(6(4)9)8(11)12/h9H2,1-3H3,(H,11,12). The molecule has 0 bridgehead atoms. The number of rotatable bonds is 1. The van der Waals surface area contributed by atoms with Gasteiger partial charge in [-0.3, -0.25) is 0 Å². The second-order valence-corrected chi connectivity index (χ2v) is 2.84. The molecule has 0 aliphatic heterocycles. The minimum absolute atomic E-state index is 0.171. The van der Waals surface area contributed by atoms with E-state index in [-0.39, 0.29) is 5.69 Å². The molecule has 0 spiro atoms. The largest absolute Gasteiger partial charge is 0.477 e. The average molecular weight is 168 g/mol. The van der Waals surface area contributed by atoms with Crippen LogP contribution in [0.15, 0.2) is 0 Å². The van der Waals surface area contributed by atoms with E-state index in [1.54, 1.807) is 11.6 Å². The minimum Gasteiger partial charge on any atom is -0.477 e. The first kappa shape index (κ1) is 8.64. The molecule has 66 valence electrons. The summed E-state index contributed by atoms with van der Waals surface area (Å²) in [5, 5.41) is 8.78. The molecule has 1 aromatic rings. The topological polar surface area (TPSA) is 68.2 Å². The number of nitrogen functional groups attached to an aromatic ring is 1. The van der Waals surface area contributed by atoms with E-state index in [1.165, 1.54) is 0 Å². The van der Waals surface area contributed by atoms with E-state index < -0.39 is 5.97 Å². The molecular formula is C8H12N2O2. The molecule has 3 N–H and O–H groups in total. The van der Waals surface area contributed by atoms with Crippen LogP contribution in [0, 0.1) is 13.8 Å². The lowest BCUT2D eigenvalue weighted by atomic mass is 10.2. The summed E-state index contributed by atoms with van der Waals surface area (Å²) in [7, 11) is 1.70. The van der Waals surface area contributed by atoms with Gasteiger partial charge < -0.3 is 15.4 Å². The van der Waals surface area contributed by atoms with Gasteiger partial charge in [0.05, 0.1) is 5.69 Å². The van der Waals surface area contributed by atoms with Crippen LogP contribution in [0.3, 0.4) is 0 Å². The Bertz CT molecular complexity index is 314. The van der Waals surface area contributed by atoms with Gasteiger partial charge in [-0.1, -0.05) is 0 Å². The third-order valence-corrected chi connectivity index (χ3v) is 2.24. The number of nitrogens with zero attached hydrogens (tertiary/aromatic N) is 1. The number of aromatic nitrogens is 1. The molecule has 0 aliphatic carbocycles. The van der Waals surface area contributed by atoms with Crippen molar-refractivity contribution in [2.45, 2.75) is 13.8 Å². The van der Waals surface area contributed by atoms with Crippen LogP contribution < -0.4 is 5.73 Å². The number of anilines is 1. The summed E-state index contributed by atoms with van der Waals surface area (Å²) in [6, 6.07) is 0. The van der Waals surface area contributed by atoms with Crippen molar-refractivity contribution in [1.82, 2.24) is 4.57 Å². The van der Waals surface area contributed by atoms with E-state index in [2.05, 4.69) is 0 Å². The van der Waals surface area contributed by atoms with Gasteiger partial charge in [0, 0.05) is 12.7 Å². The summed E-state index contributed by atoms with van der Waals surface area (Å²) in [5.74, 6) is -0.980. The third-order valence-electron chi connectivity index (χ3n) is 2.24. The summed E-state index contributed by atoms with van der Waals surface area (Å²) in [6.07, 6.45) is 0. The summed E-state index contributed by atoms with van der Waals surface area (Å²) in [5.41, 5.74) is 7.87. The van der Waals surface area contributed by atoms with E-state index in [1.807, 2.05) is 13.8 Å². The molecule has 0 amide bonds. The Hall–Kier alpha value is -1.45. The Balaban J connectivity index is 3.48. The molecule has 4 nitrogen and oxygen atoms in total. The van der Waals surface area contributed by atoms with Gasteiger partial charge in [0.2, 0.25) is 0 Å². The van der Waals surface area contributed by atoms with E-state index in [0.717, 1.165) is 11.3 Å². The maximum atomic E-state index is 10.7. The van der Waals surface area contributed by atoms with Gasteiger partial charge >= 0.3 is 5.97 Å². The zero-order valence-electron chi connectivity index (χ0n) is 7.38. The van der Waals surface area contributed by atoms with Gasteiger partial charge in [0.25, 0.3) is 0 Å². The molecule has 0 atom stereocenters. The molecule has 0 saturated carbocycles. The maximum Gasteiger partial charge on any atom is 0.354 e. The zero-order chi connectivity index (χ0) is 9.46. The van der Waals surface area contributed by atoms with Crippen LogP contribution in [-0.2, 0) is 7.05 Å². The first-order valence-electron chi connectivity index (χ1n) is 3.61. The second kappa shape index (κ2) is 2.55. The zero-order valence-corrected chi connectivity index (χ0v) is 7.38. The van der Waals surface area contributed by atoms with E-state index in [9.17, 15) is 4.79 Å². The number of carboxylic acids is 1. The van der Waals surface area contributed by atoms with Crippen molar-refractivity contribution >= 4 is 11.7 Å². The fourth-order valence-electron chi connectivity index (χ4n) is 1.23. The molecule has 1 heterocycles. The van der Waals surface area contributed by atoms with Crippen molar-refractivity contribution in [3.63, 3.8) is 0 Å². The molecule has 12 heavy (non-hydrogen) atoms. The highest BCUT2D eigenvalue weighted by Gasteiger charge is 2.17. The number of hydrogen-bond donors (Lipinski definition) is 2. The van der Waals surface area contributed by atoms with Gasteiger partial charge in [0.15, 0.2) is 5.69 Å². The van der Waals surface area contributed by atoms with Crippen LogP contribution >= 0.6 is 0 Å². The Morgan fingerprint density at radius 1 is 1.50 bits per heavy atom. The maximum absolute atomic E-state index is 10.7. The van der Waals surface area contributed by atoms with Crippen LogP contribution in [0.2, 0.25) is 0 Å². The highest BCUT2D eigenvalue weighted by Crippen LogP contribution is 2.22. The summed E-state index contributed by atoms with van der Waals surface area (Å²) in [6.45, 7) is 3.66. The molecule has 0 fully saturated rings. The smallest absolute Gasteiger partial charge is 0.354 e. The number of aromatic carboxylic acids is 1. The molecule has 0 saturated heterocycles. The Morgan fingerprint density at radius 3 is 2.17 bits per heavy atom. The highest BCUT2D eigenvalue weighted by molar-refractivity contribution is 5.93. The van der Waals surface area contributed by atoms with Crippen molar-refractivity contribution in [3.8, 4) is 0 Å². The van der Waals surface area contributed by atoms with Gasteiger partial charge in [-0.2, -0.15) is 0 Å². The predicted molar refractivity (Wildman–Crippen MR) is 46.3 cm³/mol. The lowest BCUT2D eigenvalue weighted by Crippen LogP contribution is -2.07. The van der Waals surface area contributed by atoms with Crippen LogP contribution in [0.1, 0.15) is 21.7 Å². The lowest BCUT2D eigenvalue weighted by Gasteiger charge is -1.99. The normalized spacial score (nSPS) is 10.2. The molecule has 4 heteroatoms. The fraction of sp³-hybridized carbons (Fsp3) is 0.375. The first-order chi connectivity index (χ1) is 5.46. The van der Waals surface area contributed by atoms with Crippen LogP contribution in [-0.4, -0.2) is 15.6 Å². The van der Waals surface area contributed by atoms with E-state index in [4.69, 9.17) is 10.8 Å². The number of hydrogen-bond acceptors (Lipinski definition) is 2. The molecule has 1 aromatic heterocycles. The highest BCUT2D eigenvalue weighted by atomic mass is 16.4. The van der Waals surface area contributed by atoms with Crippen molar-refractivity contribution in [2.24, 2.45) is 7.05 Å². The summed E-state index contributed by atoms with van der Waals surface area (Å²) < 4.78 is 1.59. The second-order valence-electron chi connectivity index (χ2n) is 2.84. The van der Waals surface area contributed by atoms with Gasteiger partial charge in [-0.05, 0) is 19.4 Å². The quantitative estimate of drug-likeness (QED) is 0.655. The van der Waals surface area contributed by atoms with Gasteiger partial charge in [0.1, 0.15) is 0 Å². The van der Waals surface area contributed by atoms with Crippen LogP contribution in [0.4, 0.5) is 5.69 Å². The Kier molecular flexibility index (Phi) is 1.84. The van der Waals surface area contributed by atoms with E-state index >= 15 is 0 Å². The van der Waals surface area contributed by atoms with Crippen molar-refractivity contribution < 1.29 is 9.90 Å². The van der Waals surface area contributed by atoms with Crippen molar-refractivity contribution in [3.05, 3.63) is 17.0 Å². The van der Waals surface area contributed by atoms with E-state index in [0.29, 0.717) is 5.69 Å². The average Bonchev–Trinajstić information content (AvgIpc) is 2.16. The summed E-state index contributed by atoms with van der Waals surface area (Å²) in [4.78, 5) is 10.7. The lowest BCUT2D eigenvalue weighted by molar-refractivity contribution is 0.0687. The number of nitrogens with two attached hydrogens (primary N) is 1. The molecule has 0 aromatic carbocycles. The van der Waals surface area contributed by atoms with Crippen LogP contribution in [0.25, 0.3) is 0 Å². The predicted octanol–water partition coefficient (Wildman–Crippen LogP) is 0.922. The van der Waals surface area contributed by atoms with Gasteiger partial charge in [-0.25, -0.2) is 4.79 Å². The van der Waals surface area contributed by atoms with Crippen molar-refractivity contribution in [2.75, 3.05) is 5.73 Å². The molecular weight excluding hydrogens is 156 g/mol. The number of carboxylic acid groups (broad SMARTS) is 1. The minimum atomic E-state index is -0.980. The third kappa shape index (κ3) is 0.958. The number of carbonyl (C=O) groups is 1. The Labute approximate surface area is 70.6 Å². The molecule has 0 aliphatic rings. The molecule has 0 radical (unpaired) electrons. The Morgan fingerprint density at radius 2 is 2.00 bits per heavy atom. The first-order valence-corrected chi connectivity index (χ1v) is 3.61. The SMILES string of the molecule is Cc1c(N)c(C(=O)O)n(C)c1C. The van der Waals surface area contributed by atoms with Crippen LogP contribution in [0.5, 0.6) is 0 Å². The fourth-order valence-corrected chi connectivity index (χ4v) is 1.23.